The van der Waals surface area contributed by atoms with Gasteiger partial charge in [-0.3, -0.25) is 15.1 Å². The van der Waals surface area contributed by atoms with Crippen molar-refractivity contribution in [3.63, 3.8) is 0 Å². The van der Waals surface area contributed by atoms with E-state index >= 15 is 0 Å². The van der Waals surface area contributed by atoms with Gasteiger partial charge >= 0.3 is 0 Å². The minimum Gasteiger partial charge on any atom is -0.497 e. The van der Waals surface area contributed by atoms with Crippen molar-refractivity contribution in [2.45, 2.75) is 12.1 Å². The summed E-state index contributed by atoms with van der Waals surface area (Å²) in [5.41, 5.74) is 1.80. The predicted octanol–water partition coefficient (Wildman–Crippen LogP) is 5.44. The molecule has 1 N–H and O–H groups in total. The van der Waals surface area contributed by atoms with E-state index in [0.717, 1.165) is 5.69 Å². The first-order valence-corrected chi connectivity index (χ1v) is 11.5. The molecule has 0 unspecified atom stereocenters. The van der Waals surface area contributed by atoms with Crippen molar-refractivity contribution in [1.82, 2.24) is 10.3 Å². The highest BCUT2D eigenvalue weighted by molar-refractivity contribution is 7.80. The van der Waals surface area contributed by atoms with Gasteiger partial charge < -0.3 is 24.1 Å². The monoisotopic (exact) mass is 502 g/mol. The molecular formula is C26H22N4O5S. The number of nitro groups is 1. The number of nitrogens with zero attached hydrogens (tertiary/aromatic N) is 3. The Morgan fingerprint density at radius 1 is 1.06 bits per heavy atom. The highest BCUT2D eigenvalue weighted by Crippen LogP contribution is 2.46. The summed E-state index contributed by atoms with van der Waals surface area (Å²) < 4.78 is 17.4. The average molecular weight is 503 g/mol. The van der Waals surface area contributed by atoms with E-state index in [4.69, 9.17) is 26.1 Å². The number of thiocarbonyl (C=S) groups is 1. The van der Waals surface area contributed by atoms with E-state index in [2.05, 4.69) is 10.3 Å². The molecule has 9 nitrogen and oxygen atoms in total. The number of furan rings is 1. The van der Waals surface area contributed by atoms with Crippen molar-refractivity contribution in [1.29, 1.82) is 0 Å². The van der Waals surface area contributed by atoms with E-state index in [1.807, 2.05) is 41.3 Å². The Balaban J connectivity index is 1.66. The van der Waals surface area contributed by atoms with Crippen molar-refractivity contribution in [2.24, 2.45) is 0 Å². The summed E-state index contributed by atoms with van der Waals surface area (Å²) >= 11 is 5.78. The molecule has 4 aromatic rings. The third-order valence-electron chi connectivity index (χ3n) is 6.03. The second-order valence-corrected chi connectivity index (χ2v) is 8.40. The number of para-hydroxylation sites is 1. The molecule has 10 heteroatoms. The summed E-state index contributed by atoms with van der Waals surface area (Å²) in [5.74, 6) is 2.16. The van der Waals surface area contributed by atoms with E-state index in [0.29, 0.717) is 39.4 Å². The van der Waals surface area contributed by atoms with Gasteiger partial charge in [-0.25, -0.2) is 0 Å². The van der Waals surface area contributed by atoms with Gasteiger partial charge in [0.2, 0.25) is 0 Å². The molecule has 1 saturated heterocycles. The van der Waals surface area contributed by atoms with Crippen molar-refractivity contribution >= 4 is 28.7 Å². The van der Waals surface area contributed by atoms with Gasteiger partial charge in [0.25, 0.3) is 5.69 Å². The molecule has 1 fully saturated rings. The van der Waals surface area contributed by atoms with Crippen LogP contribution < -0.4 is 19.7 Å². The number of benzene rings is 2. The third kappa shape index (κ3) is 4.11. The number of aromatic nitrogens is 1. The molecule has 1 aliphatic rings. The zero-order chi connectivity index (χ0) is 25.2. The number of nitrogens with one attached hydrogen (secondary N) is 1. The smallest absolute Gasteiger partial charge is 0.280 e. The molecule has 0 saturated carbocycles. The van der Waals surface area contributed by atoms with Crippen LogP contribution in [-0.4, -0.2) is 29.2 Å². The topological polar surface area (TPSA) is 103 Å². The van der Waals surface area contributed by atoms with Crippen LogP contribution in [-0.2, 0) is 0 Å². The second kappa shape index (κ2) is 9.67. The van der Waals surface area contributed by atoms with Gasteiger partial charge in [-0.1, -0.05) is 18.2 Å². The third-order valence-corrected chi connectivity index (χ3v) is 6.34. The molecule has 2 atom stereocenters. The van der Waals surface area contributed by atoms with E-state index in [1.54, 1.807) is 50.7 Å². The maximum atomic E-state index is 11.6. The van der Waals surface area contributed by atoms with Gasteiger partial charge in [0, 0.05) is 18.3 Å². The van der Waals surface area contributed by atoms with E-state index in [9.17, 15) is 10.1 Å². The number of hydrogen-bond acceptors (Lipinski definition) is 7. The lowest BCUT2D eigenvalue weighted by molar-refractivity contribution is -0.384. The van der Waals surface area contributed by atoms with E-state index < -0.39 is 11.0 Å². The Morgan fingerprint density at radius 3 is 2.58 bits per heavy atom. The molecule has 0 radical (unpaired) electrons. The van der Waals surface area contributed by atoms with Crippen molar-refractivity contribution in [3.05, 3.63) is 101 Å². The molecule has 0 aliphatic carbocycles. The first-order chi connectivity index (χ1) is 17.5. The molecule has 0 spiro atoms. The average Bonchev–Trinajstić information content (AvgIpc) is 3.53. The number of rotatable bonds is 7. The molecule has 0 bridgehead atoms. The minimum absolute atomic E-state index is 0.0361. The second-order valence-electron chi connectivity index (χ2n) is 8.01. The predicted molar refractivity (Wildman–Crippen MR) is 138 cm³/mol. The van der Waals surface area contributed by atoms with Gasteiger partial charge in [-0.15, -0.1) is 0 Å². The summed E-state index contributed by atoms with van der Waals surface area (Å²) in [6.45, 7) is 0. The summed E-state index contributed by atoms with van der Waals surface area (Å²) in [4.78, 5) is 17.6. The normalized spacial score (nSPS) is 17.1. The Labute approximate surface area is 212 Å². The maximum Gasteiger partial charge on any atom is 0.280 e. The van der Waals surface area contributed by atoms with E-state index in [1.165, 1.54) is 6.07 Å². The minimum atomic E-state index is -0.468. The van der Waals surface area contributed by atoms with Crippen LogP contribution in [0.3, 0.4) is 0 Å². The van der Waals surface area contributed by atoms with E-state index in [-0.39, 0.29) is 11.7 Å². The van der Waals surface area contributed by atoms with Crippen LogP contribution in [0.25, 0.3) is 11.3 Å². The summed E-state index contributed by atoms with van der Waals surface area (Å²) in [6.07, 6.45) is 1.72. The molecular weight excluding hydrogens is 480 g/mol. The fraction of sp³-hybridized carbons (Fsp3) is 0.154. The van der Waals surface area contributed by atoms with Crippen LogP contribution in [0.15, 0.2) is 83.4 Å². The zero-order valence-electron chi connectivity index (χ0n) is 19.5. The van der Waals surface area contributed by atoms with Gasteiger partial charge in [0.1, 0.15) is 29.1 Å². The quantitative estimate of drug-likeness (QED) is 0.201. The molecule has 36 heavy (non-hydrogen) atoms. The number of pyridine rings is 1. The van der Waals surface area contributed by atoms with Crippen LogP contribution in [0.2, 0.25) is 0 Å². The summed E-state index contributed by atoms with van der Waals surface area (Å²) in [7, 11) is 3.18. The summed E-state index contributed by atoms with van der Waals surface area (Å²) in [6, 6.07) is 20.3. The van der Waals surface area contributed by atoms with Gasteiger partial charge in [0.05, 0.1) is 42.1 Å². The molecule has 2 aromatic heterocycles. The number of ether oxygens (including phenoxy) is 2. The van der Waals surface area contributed by atoms with Crippen LogP contribution in [0.1, 0.15) is 23.5 Å². The molecule has 5 rings (SSSR count). The Hall–Kier alpha value is -4.44. The van der Waals surface area contributed by atoms with Crippen molar-refractivity contribution < 1.29 is 18.8 Å². The van der Waals surface area contributed by atoms with Gasteiger partial charge in [0.15, 0.2) is 5.11 Å². The van der Waals surface area contributed by atoms with Crippen molar-refractivity contribution in [3.8, 4) is 22.8 Å². The van der Waals surface area contributed by atoms with Crippen molar-refractivity contribution in [2.75, 3.05) is 19.1 Å². The molecule has 2 aromatic carbocycles. The number of methoxy groups -OCH3 is 2. The molecule has 1 aliphatic heterocycles. The van der Waals surface area contributed by atoms with Crippen LogP contribution in [0.4, 0.5) is 11.4 Å². The number of hydrogen-bond donors (Lipinski definition) is 1. The lowest BCUT2D eigenvalue weighted by Gasteiger charge is -2.27. The zero-order valence-corrected chi connectivity index (χ0v) is 20.3. The van der Waals surface area contributed by atoms with Gasteiger partial charge in [-0.05, 0) is 54.7 Å². The molecule has 0 amide bonds. The largest absolute Gasteiger partial charge is 0.497 e. The fourth-order valence-corrected chi connectivity index (χ4v) is 4.72. The van der Waals surface area contributed by atoms with Crippen LogP contribution in [0, 0.1) is 10.1 Å². The number of nitro benzene ring substituents is 1. The van der Waals surface area contributed by atoms with Crippen LogP contribution in [0.5, 0.6) is 11.5 Å². The lowest BCUT2D eigenvalue weighted by Crippen LogP contribution is -2.29. The Morgan fingerprint density at radius 2 is 1.86 bits per heavy atom. The fourth-order valence-electron chi connectivity index (χ4n) is 4.39. The molecule has 3 heterocycles. The van der Waals surface area contributed by atoms with Gasteiger partial charge in [-0.2, -0.15) is 0 Å². The summed E-state index contributed by atoms with van der Waals surface area (Å²) in [5, 5.41) is 15.4. The Kier molecular flexibility index (Phi) is 6.26. The SMILES string of the molecule is COc1ccc(OC)c(N2C(=S)N[C@H](c3ccccn3)[C@H]2c2ccc(-c3ccccc3[N+](=O)[O-])o2)c1. The van der Waals surface area contributed by atoms with Crippen LogP contribution >= 0.6 is 12.2 Å². The number of anilines is 1. The Bertz CT molecular complexity index is 1420. The first-order valence-electron chi connectivity index (χ1n) is 11.1. The highest BCUT2D eigenvalue weighted by atomic mass is 32.1. The first kappa shape index (κ1) is 23.3. The highest BCUT2D eigenvalue weighted by Gasteiger charge is 2.43. The standard InChI is InChI=1S/C26H22N4O5S/c1-33-16-10-11-22(34-2)20(15-16)29-25(24(28-26(29)36)18-8-5-6-14-27-18)23-13-12-21(35-23)17-7-3-4-9-19(17)30(31)32/h3-15,24-25H,1-2H3,(H,28,36)/t24-,25-/m1/s1. The lowest BCUT2D eigenvalue weighted by atomic mass is 10.0. The molecule has 182 valence electrons. The maximum absolute atomic E-state index is 11.6.